The second-order valence-electron chi connectivity index (χ2n) is 7.02. The van der Waals surface area contributed by atoms with Crippen LogP contribution in [0.1, 0.15) is 28.8 Å². The lowest BCUT2D eigenvalue weighted by Crippen LogP contribution is -2.38. The van der Waals surface area contributed by atoms with Crippen LogP contribution in [0.3, 0.4) is 0 Å². The van der Waals surface area contributed by atoms with Gasteiger partial charge in [0.15, 0.2) is 5.78 Å². The molecule has 7 nitrogen and oxygen atoms in total. The molecular formula is C22H27N3O4. The zero-order chi connectivity index (χ0) is 20.5. The van der Waals surface area contributed by atoms with E-state index in [1.807, 2.05) is 19.1 Å². The molecule has 1 aliphatic rings. The van der Waals surface area contributed by atoms with E-state index in [0.29, 0.717) is 23.7 Å². The van der Waals surface area contributed by atoms with Crippen molar-refractivity contribution < 1.29 is 19.1 Å². The molecule has 0 atom stereocenters. The van der Waals surface area contributed by atoms with Gasteiger partial charge < -0.3 is 14.8 Å². The van der Waals surface area contributed by atoms with Crippen LogP contribution in [0.2, 0.25) is 0 Å². The first-order chi connectivity index (χ1) is 14.1. The number of hydrogen-bond acceptors (Lipinski definition) is 6. The summed E-state index contributed by atoms with van der Waals surface area (Å²) in [5, 5.41) is 2.76. The third-order valence-electron chi connectivity index (χ3n) is 4.73. The van der Waals surface area contributed by atoms with E-state index < -0.39 is 0 Å². The van der Waals surface area contributed by atoms with E-state index >= 15 is 0 Å². The van der Waals surface area contributed by atoms with Crippen molar-refractivity contribution in [2.45, 2.75) is 19.8 Å². The minimum absolute atomic E-state index is 0.0395. The number of carbonyl (C=O) groups excluding carboxylic acids is 2. The van der Waals surface area contributed by atoms with E-state index in [2.05, 4.69) is 15.2 Å². The van der Waals surface area contributed by atoms with E-state index in [1.54, 1.807) is 30.5 Å². The second-order valence-corrected chi connectivity index (χ2v) is 7.02. The van der Waals surface area contributed by atoms with Crippen molar-refractivity contribution in [3.8, 4) is 5.88 Å². The Bertz CT molecular complexity index is 800. The number of rotatable bonds is 9. The Kier molecular flexibility index (Phi) is 7.72. The van der Waals surface area contributed by atoms with Crippen LogP contribution in [0.5, 0.6) is 5.88 Å². The van der Waals surface area contributed by atoms with Crippen molar-refractivity contribution in [3.63, 3.8) is 0 Å². The van der Waals surface area contributed by atoms with Crippen molar-refractivity contribution in [1.82, 2.24) is 9.88 Å². The first-order valence-corrected chi connectivity index (χ1v) is 9.89. The highest BCUT2D eigenvalue weighted by molar-refractivity contribution is 5.99. The van der Waals surface area contributed by atoms with Crippen LogP contribution in [0.4, 0.5) is 5.69 Å². The van der Waals surface area contributed by atoms with E-state index in [4.69, 9.17) is 9.47 Å². The Morgan fingerprint density at radius 3 is 2.55 bits per heavy atom. The van der Waals surface area contributed by atoms with Crippen molar-refractivity contribution >= 4 is 17.4 Å². The van der Waals surface area contributed by atoms with E-state index in [9.17, 15) is 9.59 Å². The van der Waals surface area contributed by atoms with Crippen LogP contribution in [0, 0.1) is 6.92 Å². The number of benzene rings is 1. The fraction of sp³-hybridized carbons (Fsp3) is 0.409. The molecule has 1 N–H and O–H groups in total. The molecule has 0 radical (unpaired) electrons. The molecule has 7 heteroatoms. The molecular weight excluding hydrogens is 370 g/mol. The summed E-state index contributed by atoms with van der Waals surface area (Å²) in [6.45, 7) is 6.74. The normalized spacial score (nSPS) is 14.4. The molecule has 1 aromatic heterocycles. The van der Waals surface area contributed by atoms with Gasteiger partial charge in [-0.15, -0.1) is 0 Å². The number of carbonyl (C=O) groups is 2. The maximum absolute atomic E-state index is 12.2. The predicted molar refractivity (Wildman–Crippen MR) is 110 cm³/mol. The summed E-state index contributed by atoms with van der Waals surface area (Å²) in [6.07, 6.45) is 1.86. The number of aromatic nitrogens is 1. The smallest absolute Gasteiger partial charge is 0.224 e. The highest BCUT2D eigenvalue weighted by Crippen LogP contribution is 2.13. The average molecular weight is 397 g/mol. The molecule has 2 heterocycles. The number of anilines is 1. The lowest BCUT2D eigenvalue weighted by Gasteiger charge is -2.26. The van der Waals surface area contributed by atoms with Gasteiger partial charge in [-0.2, -0.15) is 0 Å². The lowest BCUT2D eigenvalue weighted by atomic mass is 10.1. The van der Waals surface area contributed by atoms with Gasteiger partial charge in [-0.25, -0.2) is 4.98 Å². The van der Waals surface area contributed by atoms with Gasteiger partial charge >= 0.3 is 0 Å². The van der Waals surface area contributed by atoms with Gasteiger partial charge in [0.2, 0.25) is 11.8 Å². The minimum atomic E-state index is -0.215. The number of amides is 1. The van der Waals surface area contributed by atoms with Gasteiger partial charge in [0.25, 0.3) is 0 Å². The molecule has 0 spiro atoms. The molecule has 0 bridgehead atoms. The van der Waals surface area contributed by atoms with Crippen LogP contribution in [0.15, 0.2) is 42.6 Å². The summed E-state index contributed by atoms with van der Waals surface area (Å²) in [5.41, 5.74) is 2.31. The molecule has 2 aromatic rings. The minimum Gasteiger partial charge on any atom is -0.476 e. The number of ketones is 1. The lowest BCUT2D eigenvalue weighted by molar-refractivity contribution is -0.116. The first kappa shape index (κ1) is 21.0. The van der Waals surface area contributed by atoms with Gasteiger partial charge in [0.05, 0.1) is 25.1 Å². The SMILES string of the molecule is Cc1ccc(C(=O)CCC(=O)Nc2ccc(OCCN3CCOCC3)nc2)cc1. The Morgan fingerprint density at radius 2 is 1.86 bits per heavy atom. The number of morpholine rings is 1. The highest BCUT2D eigenvalue weighted by Gasteiger charge is 2.11. The van der Waals surface area contributed by atoms with Crippen molar-refractivity contribution in [1.29, 1.82) is 0 Å². The molecule has 3 rings (SSSR count). The van der Waals surface area contributed by atoms with Gasteiger partial charge in [-0.05, 0) is 13.0 Å². The number of nitrogens with one attached hydrogen (secondary N) is 1. The fourth-order valence-electron chi connectivity index (χ4n) is 2.98. The van der Waals surface area contributed by atoms with E-state index in [-0.39, 0.29) is 24.5 Å². The zero-order valence-electron chi connectivity index (χ0n) is 16.7. The maximum Gasteiger partial charge on any atom is 0.224 e. The quantitative estimate of drug-likeness (QED) is 0.656. The number of hydrogen-bond donors (Lipinski definition) is 1. The molecule has 1 amide bonds. The van der Waals surface area contributed by atoms with Crippen molar-refractivity contribution in [2.24, 2.45) is 0 Å². The van der Waals surface area contributed by atoms with Gasteiger partial charge in [-0.1, -0.05) is 29.8 Å². The van der Waals surface area contributed by atoms with Crippen LogP contribution in [0.25, 0.3) is 0 Å². The largest absolute Gasteiger partial charge is 0.476 e. The summed E-state index contributed by atoms with van der Waals surface area (Å²) in [5.74, 6) is 0.265. The van der Waals surface area contributed by atoms with Gasteiger partial charge in [-0.3, -0.25) is 14.5 Å². The third kappa shape index (κ3) is 6.96. The molecule has 0 saturated carbocycles. The number of pyridine rings is 1. The van der Waals surface area contributed by atoms with Crippen LogP contribution in [-0.2, 0) is 9.53 Å². The van der Waals surface area contributed by atoms with Crippen LogP contribution in [-0.4, -0.2) is 61.0 Å². The monoisotopic (exact) mass is 397 g/mol. The first-order valence-electron chi connectivity index (χ1n) is 9.89. The van der Waals surface area contributed by atoms with Crippen molar-refractivity contribution in [2.75, 3.05) is 44.8 Å². The average Bonchev–Trinajstić information content (AvgIpc) is 2.74. The molecule has 1 aromatic carbocycles. The van der Waals surface area contributed by atoms with Gasteiger partial charge in [0.1, 0.15) is 6.61 Å². The van der Waals surface area contributed by atoms with Crippen molar-refractivity contribution in [3.05, 3.63) is 53.7 Å². The summed E-state index contributed by atoms with van der Waals surface area (Å²) < 4.78 is 11.0. The molecule has 29 heavy (non-hydrogen) atoms. The molecule has 0 aliphatic carbocycles. The highest BCUT2D eigenvalue weighted by atomic mass is 16.5. The van der Waals surface area contributed by atoms with Crippen LogP contribution < -0.4 is 10.1 Å². The van der Waals surface area contributed by atoms with Crippen LogP contribution >= 0.6 is 0 Å². The number of ether oxygens (including phenoxy) is 2. The Hall–Kier alpha value is -2.77. The third-order valence-corrected chi connectivity index (χ3v) is 4.73. The Balaban J connectivity index is 1.37. The summed E-state index contributed by atoms with van der Waals surface area (Å²) >= 11 is 0. The summed E-state index contributed by atoms with van der Waals surface area (Å²) in [7, 11) is 0. The number of aryl methyl sites for hydroxylation is 1. The van der Waals surface area contributed by atoms with E-state index in [0.717, 1.165) is 38.4 Å². The van der Waals surface area contributed by atoms with Gasteiger partial charge in [0, 0.05) is 44.1 Å². The zero-order valence-corrected chi connectivity index (χ0v) is 16.7. The maximum atomic E-state index is 12.2. The van der Waals surface area contributed by atoms with E-state index in [1.165, 1.54) is 0 Å². The Morgan fingerprint density at radius 1 is 1.10 bits per heavy atom. The molecule has 1 fully saturated rings. The number of nitrogens with zero attached hydrogens (tertiary/aromatic N) is 2. The molecule has 1 aliphatic heterocycles. The topological polar surface area (TPSA) is 80.8 Å². The number of Topliss-reactive ketones (excluding diaryl/α,β-unsaturated/α-hetero) is 1. The molecule has 154 valence electrons. The molecule has 1 saturated heterocycles. The summed E-state index contributed by atoms with van der Waals surface area (Å²) in [6, 6.07) is 10.8. The standard InChI is InChI=1S/C22H27N3O4/c1-17-2-4-18(5-3-17)20(26)7-8-21(27)24-19-6-9-22(23-16-19)29-15-12-25-10-13-28-14-11-25/h2-6,9,16H,7-8,10-15H2,1H3,(H,24,27). The second kappa shape index (κ2) is 10.7. The predicted octanol–water partition coefficient (Wildman–Crippen LogP) is 2.70. The fourth-order valence-corrected chi connectivity index (χ4v) is 2.98. The Labute approximate surface area is 171 Å². The summed E-state index contributed by atoms with van der Waals surface area (Å²) in [4.78, 5) is 30.8. The molecule has 0 unspecified atom stereocenters.